The number of benzene rings is 3. The zero-order valence-electron chi connectivity index (χ0n) is 18.6. The Hall–Kier alpha value is -2.95. The molecule has 6 nitrogen and oxygen atoms in total. The van der Waals surface area contributed by atoms with E-state index in [1.54, 1.807) is 11.0 Å². The van der Waals surface area contributed by atoms with E-state index in [0.29, 0.717) is 37.3 Å². The Morgan fingerprint density at radius 3 is 2.22 bits per heavy atom. The van der Waals surface area contributed by atoms with Crippen LogP contribution in [-0.4, -0.2) is 45.4 Å². The number of piperazine rings is 1. The number of para-hydroxylation sites is 1. The highest BCUT2D eigenvalue weighted by atomic mass is 35.5. The van der Waals surface area contributed by atoms with Gasteiger partial charge < -0.3 is 9.80 Å². The average molecular weight is 558 g/mol. The third-order valence-corrected chi connectivity index (χ3v) is 7.71. The lowest BCUT2D eigenvalue weighted by atomic mass is 10.1. The van der Waals surface area contributed by atoms with Crippen molar-refractivity contribution in [2.24, 2.45) is 0 Å². The van der Waals surface area contributed by atoms with Crippen LogP contribution in [0.4, 0.5) is 24.5 Å². The minimum atomic E-state index is -4.63. The molecule has 12 heteroatoms. The third kappa shape index (κ3) is 5.71. The summed E-state index contributed by atoms with van der Waals surface area (Å²) < 4.78 is 66.8. The summed E-state index contributed by atoms with van der Waals surface area (Å²) >= 11 is 12.5. The first-order valence-electron chi connectivity index (χ1n) is 10.7. The Bertz CT molecular complexity index is 1390. The van der Waals surface area contributed by atoms with Crippen LogP contribution in [0.5, 0.6) is 0 Å². The number of amides is 1. The molecule has 0 radical (unpaired) electrons. The minimum Gasteiger partial charge on any atom is -0.367 e. The van der Waals surface area contributed by atoms with Crippen LogP contribution in [0, 0.1) is 0 Å². The summed E-state index contributed by atoms with van der Waals surface area (Å²) in [5.41, 5.74) is -0.415. The molecule has 0 bridgehead atoms. The molecule has 1 aliphatic rings. The van der Waals surface area contributed by atoms with E-state index in [-0.39, 0.29) is 21.2 Å². The Morgan fingerprint density at radius 1 is 0.861 bits per heavy atom. The van der Waals surface area contributed by atoms with Crippen LogP contribution in [0.25, 0.3) is 0 Å². The lowest BCUT2D eigenvalue weighted by molar-refractivity contribution is -0.137. The molecule has 1 aliphatic heterocycles. The van der Waals surface area contributed by atoms with Crippen LogP contribution in [0.3, 0.4) is 0 Å². The van der Waals surface area contributed by atoms with Crippen molar-refractivity contribution in [2.75, 3.05) is 35.8 Å². The van der Waals surface area contributed by atoms with Crippen molar-refractivity contribution in [3.8, 4) is 0 Å². The summed E-state index contributed by atoms with van der Waals surface area (Å²) in [7, 11) is -4.30. The number of hydrogen-bond donors (Lipinski definition) is 1. The SMILES string of the molecule is O=C(c1cc(S(=O)(=O)Nc2cccc(C(F)(F)F)c2)ccc1Cl)N1CCN(c2ccccc2Cl)CC1. The van der Waals surface area contributed by atoms with E-state index in [1.165, 1.54) is 18.2 Å². The van der Waals surface area contributed by atoms with Crippen molar-refractivity contribution < 1.29 is 26.4 Å². The van der Waals surface area contributed by atoms with Crippen LogP contribution in [0.2, 0.25) is 10.0 Å². The van der Waals surface area contributed by atoms with Crippen molar-refractivity contribution in [3.05, 3.63) is 87.9 Å². The summed E-state index contributed by atoms with van der Waals surface area (Å²) in [5, 5.41) is 0.665. The van der Waals surface area contributed by atoms with Crippen molar-refractivity contribution in [2.45, 2.75) is 11.1 Å². The fourth-order valence-corrected chi connectivity index (χ4v) is 5.37. The Morgan fingerprint density at radius 2 is 1.56 bits per heavy atom. The molecule has 3 aromatic rings. The third-order valence-electron chi connectivity index (χ3n) is 5.68. The van der Waals surface area contributed by atoms with Gasteiger partial charge in [0.05, 0.1) is 31.8 Å². The molecule has 0 unspecified atom stereocenters. The molecule has 0 spiro atoms. The molecule has 1 fully saturated rings. The van der Waals surface area contributed by atoms with Gasteiger partial charge in [-0.2, -0.15) is 13.2 Å². The molecule has 0 aromatic heterocycles. The molecule has 4 rings (SSSR count). The summed E-state index contributed by atoms with van der Waals surface area (Å²) in [5.74, 6) is -0.449. The second-order valence-corrected chi connectivity index (χ2v) is 10.6. The molecule has 0 saturated carbocycles. The maximum atomic E-state index is 13.2. The van der Waals surface area contributed by atoms with Gasteiger partial charge in [-0.05, 0) is 48.5 Å². The van der Waals surface area contributed by atoms with Gasteiger partial charge in [0.15, 0.2) is 0 Å². The van der Waals surface area contributed by atoms with Crippen LogP contribution < -0.4 is 9.62 Å². The number of anilines is 2. The smallest absolute Gasteiger partial charge is 0.367 e. The molecule has 1 heterocycles. The second-order valence-electron chi connectivity index (χ2n) is 8.06. The molecule has 190 valence electrons. The maximum absolute atomic E-state index is 13.2. The van der Waals surface area contributed by atoms with E-state index in [2.05, 4.69) is 4.72 Å². The topological polar surface area (TPSA) is 69.7 Å². The van der Waals surface area contributed by atoms with Gasteiger partial charge in [-0.3, -0.25) is 9.52 Å². The van der Waals surface area contributed by atoms with E-state index < -0.39 is 27.7 Å². The first-order chi connectivity index (χ1) is 17.0. The molecule has 1 amide bonds. The quantitative estimate of drug-likeness (QED) is 0.432. The fourth-order valence-electron chi connectivity index (χ4n) is 3.84. The number of rotatable bonds is 5. The number of hydrogen-bond acceptors (Lipinski definition) is 4. The van der Waals surface area contributed by atoms with Crippen molar-refractivity contribution >= 4 is 50.5 Å². The Labute approximate surface area is 216 Å². The molecule has 3 aromatic carbocycles. The van der Waals surface area contributed by atoms with Gasteiger partial charge in [0, 0.05) is 31.9 Å². The van der Waals surface area contributed by atoms with Gasteiger partial charge in [-0.1, -0.05) is 41.4 Å². The van der Waals surface area contributed by atoms with E-state index in [1.807, 2.05) is 23.1 Å². The normalized spacial score (nSPS) is 14.6. The molecule has 1 N–H and O–H groups in total. The average Bonchev–Trinajstić information content (AvgIpc) is 2.83. The van der Waals surface area contributed by atoms with E-state index in [4.69, 9.17) is 23.2 Å². The summed E-state index contributed by atoms with van der Waals surface area (Å²) in [6, 6.07) is 14.8. The van der Waals surface area contributed by atoms with Crippen molar-refractivity contribution in [1.82, 2.24) is 4.90 Å². The van der Waals surface area contributed by atoms with Crippen LogP contribution in [0.1, 0.15) is 15.9 Å². The molecule has 0 aliphatic carbocycles. The zero-order valence-corrected chi connectivity index (χ0v) is 20.9. The highest BCUT2D eigenvalue weighted by Gasteiger charge is 2.31. The number of carbonyl (C=O) groups excluding carboxylic acids is 1. The van der Waals surface area contributed by atoms with Crippen molar-refractivity contribution in [3.63, 3.8) is 0 Å². The number of nitrogens with one attached hydrogen (secondary N) is 1. The first-order valence-corrected chi connectivity index (χ1v) is 13.0. The summed E-state index contributed by atoms with van der Waals surface area (Å²) in [6.07, 6.45) is -4.63. The van der Waals surface area contributed by atoms with Gasteiger partial charge in [0.2, 0.25) is 0 Å². The largest absolute Gasteiger partial charge is 0.416 e. The van der Waals surface area contributed by atoms with Crippen molar-refractivity contribution in [1.29, 1.82) is 0 Å². The predicted molar refractivity (Wildman–Crippen MR) is 133 cm³/mol. The van der Waals surface area contributed by atoms with E-state index in [0.717, 1.165) is 23.9 Å². The van der Waals surface area contributed by atoms with Crippen LogP contribution in [-0.2, 0) is 16.2 Å². The molecule has 36 heavy (non-hydrogen) atoms. The molecular formula is C24H20Cl2F3N3O3S. The monoisotopic (exact) mass is 557 g/mol. The summed E-state index contributed by atoms with van der Waals surface area (Å²) in [6.45, 7) is 1.75. The molecular weight excluding hydrogens is 538 g/mol. The molecule has 1 saturated heterocycles. The van der Waals surface area contributed by atoms with Gasteiger partial charge in [0.25, 0.3) is 15.9 Å². The lowest BCUT2D eigenvalue weighted by Crippen LogP contribution is -2.49. The maximum Gasteiger partial charge on any atom is 0.416 e. The fraction of sp³-hybridized carbons (Fsp3) is 0.208. The Balaban J connectivity index is 1.51. The number of sulfonamides is 1. The van der Waals surface area contributed by atoms with Gasteiger partial charge in [-0.15, -0.1) is 0 Å². The van der Waals surface area contributed by atoms with Gasteiger partial charge in [-0.25, -0.2) is 8.42 Å². The number of carbonyl (C=O) groups is 1. The standard InChI is InChI=1S/C24H20Cl2F3N3O3S/c25-20-9-8-18(36(34,35)30-17-5-3-4-16(14-17)24(27,28)29)15-19(20)23(33)32-12-10-31(11-13-32)22-7-2-1-6-21(22)26/h1-9,14-15,30H,10-13H2. The van der Waals surface area contributed by atoms with Gasteiger partial charge in [0.1, 0.15) is 0 Å². The van der Waals surface area contributed by atoms with E-state index in [9.17, 15) is 26.4 Å². The number of halogens is 5. The zero-order chi connectivity index (χ0) is 26.1. The van der Waals surface area contributed by atoms with Gasteiger partial charge >= 0.3 is 6.18 Å². The van der Waals surface area contributed by atoms with E-state index >= 15 is 0 Å². The number of alkyl halides is 3. The number of nitrogens with zero attached hydrogens (tertiary/aromatic N) is 2. The lowest BCUT2D eigenvalue weighted by Gasteiger charge is -2.36. The molecule has 0 atom stereocenters. The second kappa shape index (κ2) is 10.2. The minimum absolute atomic E-state index is 0.0187. The summed E-state index contributed by atoms with van der Waals surface area (Å²) in [4.78, 5) is 16.5. The van der Waals surface area contributed by atoms with Crippen LogP contribution >= 0.6 is 23.2 Å². The highest BCUT2D eigenvalue weighted by molar-refractivity contribution is 7.92. The Kier molecular flexibility index (Phi) is 7.40. The first kappa shape index (κ1) is 26.1. The highest BCUT2D eigenvalue weighted by Crippen LogP contribution is 2.32. The predicted octanol–water partition coefficient (Wildman–Crippen LogP) is 5.78. The van der Waals surface area contributed by atoms with Crippen LogP contribution in [0.15, 0.2) is 71.6 Å².